The van der Waals surface area contributed by atoms with Gasteiger partial charge in [-0.3, -0.25) is 9.59 Å². The topological polar surface area (TPSA) is 49.4 Å². The van der Waals surface area contributed by atoms with Crippen molar-refractivity contribution >= 4 is 11.8 Å². The van der Waals surface area contributed by atoms with E-state index in [9.17, 15) is 9.59 Å². The van der Waals surface area contributed by atoms with E-state index < -0.39 is 0 Å². The van der Waals surface area contributed by atoms with E-state index in [0.717, 1.165) is 29.5 Å². The highest BCUT2D eigenvalue weighted by molar-refractivity contribution is 5.94. The molecule has 152 valence electrons. The van der Waals surface area contributed by atoms with Gasteiger partial charge in [0.15, 0.2) is 0 Å². The molecule has 0 radical (unpaired) electrons. The van der Waals surface area contributed by atoms with Crippen molar-refractivity contribution in [2.75, 3.05) is 13.1 Å². The number of likely N-dealkylation sites (tertiary alicyclic amines) is 1. The van der Waals surface area contributed by atoms with Gasteiger partial charge in [0.05, 0.1) is 6.42 Å². The quantitative estimate of drug-likeness (QED) is 0.696. The van der Waals surface area contributed by atoms with Gasteiger partial charge in [0, 0.05) is 24.7 Å². The van der Waals surface area contributed by atoms with Crippen LogP contribution in [0.1, 0.15) is 28.8 Å². The Labute approximate surface area is 177 Å². The maximum absolute atomic E-state index is 12.6. The third-order valence-corrected chi connectivity index (χ3v) is 5.64. The van der Waals surface area contributed by atoms with Gasteiger partial charge < -0.3 is 10.2 Å². The van der Waals surface area contributed by atoms with E-state index in [-0.39, 0.29) is 17.9 Å². The van der Waals surface area contributed by atoms with E-state index in [1.807, 2.05) is 77.7 Å². The van der Waals surface area contributed by atoms with Gasteiger partial charge in [-0.1, -0.05) is 72.8 Å². The molecular weight excluding hydrogens is 372 g/mol. The van der Waals surface area contributed by atoms with Crippen molar-refractivity contribution in [2.45, 2.75) is 25.3 Å². The third kappa shape index (κ3) is 4.95. The van der Waals surface area contributed by atoms with Crippen molar-refractivity contribution in [1.29, 1.82) is 0 Å². The molecule has 0 bridgehead atoms. The first-order chi connectivity index (χ1) is 14.7. The van der Waals surface area contributed by atoms with Crippen LogP contribution in [0.25, 0.3) is 11.1 Å². The van der Waals surface area contributed by atoms with Crippen LogP contribution in [0, 0.1) is 0 Å². The summed E-state index contributed by atoms with van der Waals surface area (Å²) in [6, 6.07) is 27.8. The zero-order valence-electron chi connectivity index (χ0n) is 17.0. The van der Waals surface area contributed by atoms with Gasteiger partial charge in [-0.2, -0.15) is 0 Å². The molecule has 0 spiro atoms. The van der Waals surface area contributed by atoms with Crippen LogP contribution in [0.2, 0.25) is 0 Å². The summed E-state index contributed by atoms with van der Waals surface area (Å²) in [6.07, 6.45) is 2.01. The molecule has 0 aromatic heterocycles. The normalized spacial score (nSPS) is 14.3. The maximum Gasteiger partial charge on any atom is 0.251 e. The molecule has 1 aliphatic rings. The minimum Gasteiger partial charge on any atom is -0.349 e. The van der Waals surface area contributed by atoms with Crippen LogP contribution in [0.4, 0.5) is 0 Å². The van der Waals surface area contributed by atoms with Crippen LogP contribution in [-0.2, 0) is 11.2 Å². The van der Waals surface area contributed by atoms with E-state index in [2.05, 4.69) is 17.4 Å². The second-order valence-corrected chi connectivity index (χ2v) is 7.73. The highest BCUT2D eigenvalue weighted by Gasteiger charge is 2.24. The lowest BCUT2D eigenvalue weighted by molar-refractivity contribution is -0.131. The number of nitrogens with zero attached hydrogens (tertiary/aromatic N) is 1. The van der Waals surface area contributed by atoms with Crippen molar-refractivity contribution in [2.24, 2.45) is 0 Å². The van der Waals surface area contributed by atoms with E-state index >= 15 is 0 Å². The van der Waals surface area contributed by atoms with Gasteiger partial charge in [0.1, 0.15) is 0 Å². The molecule has 3 aromatic rings. The van der Waals surface area contributed by atoms with E-state index in [1.165, 1.54) is 0 Å². The Kier molecular flexibility index (Phi) is 6.23. The number of carbonyl (C=O) groups is 2. The summed E-state index contributed by atoms with van der Waals surface area (Å²) < 4.78 is 0. The summed E-state index contributed by atoms with van der Waals surface area (Å²) in [6.45, 7) is 1.37. The minimum atomic E-state index is -0.0522. The number of hydrogen-bond acceptors (Lipinski definition) is 2. The number of piperidine rings is 1. The molecule has 0 atom stereocenters. The first kappa shape index (κ1) is 19.9. The number of rotatable bonds is 5. The Morgan fingerprint density at radius 2 is 1.33 bits per heavy atom. The molecule has 1 fully saturated rings. The van der Waals surface area contributed by atoms with Gasteiger partial charge in [0.2, 0.25) is 5.91 Å². The molecule has 1 aliphatic heterocycles. The average Bonchev–Trinajstić information content (AvgIpc) is 2.81. The van der Waals surface area contributed by atoms with Crippen LogP contribution in [0.3, 0.4) is 0 Å². The fourth-order valence-corrected chi connectivity index (χ4v) is 3.87. The SMILES string of the molecule is O=C(NC1CCN(C(=O)Cc2ccccc2)CC1)c1ccc(-c2ccccc2)cc1. The molecule has 4 rings (SSSR count). The number of nitrogens with one attached hydrogen (secondary N) is 1. The minimum absolute atomic E-state index is 0.0522. The molecule has 1 N–H and O–H groups in total. The summed E-state index contributed by atoms with van der Waals surface area (Å²) in [4.78, 5) is 27.0. The Morgan fingerprint density at radius 3 is 1.97 bits per heavy atom. The maximum atomic E-state index is 12.6. The number of benzene rings is 3. The summed E-state index contributed by atoms with van der Waals surface area (Å²) in [5, 5.41) is 3.13. The first-order valence-electron chi connectivity index (χ1n) is 10.5. The van der Waals surface area contributed by atoms with Crippen LogP contribution in [-0.4, -0.2) is 35.8 Å². The van der Waals surface area contributed by atoms with Crippen LogP contribution in [0.5, 0.6) is 0 Å². The lowest BCUT2D eigenvalue weighted by Crippen LogP contribution is -2.46. The fraction of sp³-hybridized carbons (Fsp3) is 0.231. The predicted octanol–water partition coefficient (Wildman–Crippen LogP) is 4.32. The van der Waals surface area contributed by atoms with Crippen molar-refractivity contribution < 1.29 is 9.59 Å². The molecule has 3 aromatic carbocycles. The molecule has 2 amide bonds. The molecule has 0 saturated carbocycles. The van der Waals surface area contributed by atoms with E-state index in [4.69, 9.17) is 0 Å². The summed E-state index contributed by atoms with van der Waals surface area (Å²) >= 11 is 0. The highest BCUT2D eigenvalue weighted by Crippen LogP contribution is 2.20. The predicted molar refractivity (Wildman–Crippen MR) is 119 cm³/mol. The lowest BCUT2D eigenvalue weighted by atomic mass is 10.0. The molecule has 0 unspecified atom stereocenters. The average molecular weight is 399 g/mol. The first-order valence-corrected chi connectivity index (χ1v) is 10.5. The van der Waals surface area contributed by atoms with Crippen LogP contribution >= 0.6 is 0 Å². The summed E-state index contributed by atoms with van der Waals surface area (Å²) in [5.41, 5.74) is 3.93. The van der Waals surface area contributed by atoms with Crippen LogP contribution < -0.4 is 5.32 Å². The van der Waals surface area contributed by atoms with Gasteiger partial charge in [-0.25, -0.2) is 0 Å². The summed E-state index contributed by atoms with van der Waals surface area (Å²) in [7, 11) is 0. The standard InChI is InChI=1S/C26H26N2O2/c29-25(19-20-7-3-1-4-8-20)28-17-15-24(16-18-28)27-26(30)23-13-11-22(12-14-23)21-9-5-2-6-10-21/h1-14,24H,15-19H2,(H,27,30). The van der Waals surface area contributed by atoms with Gasteiger partial charge in [-0.15, -0.1) is 0 Å². The number of amides is 2. The molecule has 0 aliphatic carbocycles. The second-order valence-electron chi connectivity index (χ2n) is 7.73. The fourth-order valence-electron chi connectivity index (χ4n) is 3.87. The van der Waals surface area contributed by atoms with Crippen molar-refractivity contribution in [3.8, 4) is 11.1 Å². The molecule has 4 heteroatoms. The van der Waals surface area contributed by atoms with Gasteiger partial charge in [0.25, 0.3) is 5.91 Å². The van der Waals surface area contributed by atoms with Crippen molar-refractivity contribution in [3.63, 3.8) is 0 Å². The van der Waals surface area contributed by atoms with E-state index in [0.29, 0.717) is 25.1 Å². The lowest BCUT2D eigenvalue weighted by Gasteiger charge is -2.32. The number of carbonyl (C=O) groups excluding carboxylic acids is 2. The molecule has 4 nitrogen and oxygen atoms in total. The monoisotopic (exact) mass is 398 g/mol. The van der Waals surface area contributed by atoms with Crippen LogP contribution in [0.15, 0.2) is 84.9 Å². The summed E-state index contributed by atoms with van der Waals surface area (Å²) in [5.74, 6) is 0.103. The highest BCUT2D eigenvalue weighted by atomic mass is 16.2. The number of hydrogen-bond donors (Lipinski definition) is 1. The van der Waals surface area contributed by atoms with E-state index in [1.54, 1.807) is 0 Å². The second kappa shape index (κ2) is 9.40. The Balaban J connectivity index is 1.27. The zero-order chi connectivity index (χ0) is 20.8. The van der Waals surface area contributed by atoms with Gasteiger partial charge >= 0.3 is 0 Å². The molecule has 1 heterocycles. The molecule has 30 heavy (non-hydrogen) atoms. The Hall–Kier alpha value is -3.40. The Morgan fingerprint density at radius 1 is 0.767 bits per heavy atom. The van der Waals surface area contributed by atoms with Crippen molar-refractivity contribution in [1.82, 2.24) is 10.2 Å². The zero-order valence-corrected chi connectivity index (χ0v) is 17.0. The van der Waals surface area contributed by atoms with Gasteiger partial charge in [-0.05, 0) is 41.7 Å². The molecular formula is C26H26N2O2. The molecule has 1 saturated heterocycles. The Bertz CT molecular complexity index is 977. The third-order valence-electron chi connectivity index (χ3n) is 5.64. The smallest absolute Gasteiger partial charge is 0.251 e. The largest absolute Gasteiger partial charge is 0.349 e. The van der Waals surface area contributed by atoms with Crippen molar-refractivity contribution in [3.05, 3.63) is 96.1 Å².